The van der Waals surface area contributed by atoms with Crippen molar-refractivity contribution in [2.24, 2.45) is 5.92 Å². The minimum absolute atomic E-state index is 0.167. The van der Waals surface area contributed by atoms with Crippen LogP contribution >= 0.6 is 0 Å². The fourth-order valence-electron chi connectivity index (χ4n) is 2.18. The van der Waals surface area contributed by atoms with Crippen molar-refractivity contribution in [3.05, 3.63) is 34.9 Å². The Morgan fingerprint density at radius 1 is 1.24 bits per heavy atom. The Morgan fingerprint density at radius 2 is 1.76 bits per heavy atom. The van der Waals surface area contributed by atoms with Crippen LogP contribution in [0.4, 0.5) is 0 Å². The zero-order valence-electron chi connectivity index (χ0n) is 11.4. The molecular formula is C15H22O2. The lowest BCUT2D eigenvalue weighted by Gasteiger charge is -2.19. The van der Waals surface area contributed by atoms with Crippen LogP contribution in [0.1, 0.15) is 30.5 Å². The summed E-state index contributed by atoms with van der Waals surface area (Å²) in [6.07, 6.45) is 0.170. The predicted octanol–water partition coefficient (Wildman–Crippen LogP) is 3.09. The van der Waals surface area contributed by atoms with E-state index in [-0.39, 0.29) is 17.8 Å². The summed E-state index contributed by atoms with van der Waals surface area (Å²) in [6.45, 7) is 8.12. The van der Waals surface area contributed by atoms with Crippen LogP contribution in [0.3, 0.4) is 0 Å². The zero-order chi connectivity index (χ0) is 13.0. The highest BCUT2D eigenvalue weighted by molar-refractivity contribution is 5.86. The molecule has 0 saturated carbocycles. The van der Waals surface area contributed by atoms with Crippen molar-refractivity contribution in [2.45, 2.75) is 40.2 Å². The van der Waals surface area contributed by atoms with Gasteiger partial charge in [-0.1, -0.05) is 32.0 Å². The number of methoxy groups -OCH3 is 1. The molecule has 17 heavy (non-hydrogen) atoms. The first kappa shape index (κ1) is 13.9. The van der Waals surface area contributed by atoms with Gasteiger partial charge in [0, 0.05) is 13.5 Å². The number of hydrogen-bond acceptors (Lipinski definition) is 2. The van der Waals surface area contributed by atoms with Crippen molar-refractivity contribution in [2.75, 3.05) is 7.11 Å². The number of benzene rings is 1. The maximum Gasteiger partial charge on any atom is 0.166 e. The highest BCUT2D eigenvalue weighted by atomic mass is 16.5. The van der Waals surface area contributed by atoms with Gasteiger partial charge in [0.25, 0.3) is 0 Å². The molecule has 0 spiro atoms. The minimum Gasteiger partial charge on any atom is -0.373 e. The first-order chi connectivity index (χ1) is 7.97. The van der Waals surface area contributed by atoms with E-state index < -0.39 is 0 Å². The molecule has 1 unspecified atom stereocenters. The summed E-state index contributed by atoms with van der Waals surface area (Å²) in [4.78, 5) is 12.2. The van der Waals surface area contributed by atoms with E-state index in [0.29, 0.717) is 6.42 Å². The van der Waals surface area contributed by atoms with Gasteiger partial charge in [-0.2, -0.15) is 0 Å². The van der Waals surface area contributed by atoms with Gasteiger partial charge in [0.1, 0.15) is 6.10 Å². The van der Waals surface area contributed by atoms with Crippen LogP contribution in [0.25, 0.3) is 0 Å². The molecule has 0 bridgehead atoms. The van der Waals surface area contributed by atoms with Crippen LogP contribution in [-0.2, 0) is 16.0 Å². The van der Waals surface area contributed by atoms with Crippen LogP contribution in [0, 0.1) is 19.8 Å². The molecule has 1 aromatic carbocycles. The first-order valence-corrected chi connectivity index (χ1v) is 6.08. The lowest BCUT2D eigenvalue weighted by Crippen LogP contribution is -2.30. The first-order valence-electron chi connectivity index (χ1n) is 6.08. The Morgan fingerprint density at radius 3 is 2.18 bits per heavy atom. The van der Waals surface area contributed by atoms with Crippen molar-refractivity contribution in [3.63, 3.8) is 0 Å². The van der Waals surface area contributed by atoms with Gasteiger partial charge in [-0.05, 0) is 36.5 Å². The minimum atomic E-state index is -0.297. The Balaban J connectivity index is 2.87. The number of ether oxygens (including phenoxy) is 1. The van der Waals surface area contributed by atoms with E-state index in [4.69, 9.17) is 4.74 Å². The van der Waals surface area contributed by atoms with E-state index >= 15 is 0 Å². The fourth-order valence-corrected chi connectivity index (χ4v) is 2.18. The smallest absolute Gasteiger partial charge is 0.166 e. The van der Waals surface area contributed by atoms with Crippen molar-refractivity contribution >= 4 is 5.78 Å². The van der Waals surface area contributed by atoms with E-state index in [2.05, 4.69) is 0 Å². The second-order valence-electron chi connectivity index (χ2n) is 4.91. The number of Topliss-reactive ketones (excluding diaryl/α,β-unsaturated/α-hetero) is 1. The van der Waals surface area contributed by atoms with Gasteiger partial charge in [-0.25, -0.2) is 0 Å². The molecule has 0 saturated heterocycles. The van der Waals surface area contributed by atoms with Crippen molar-refractivity contribution in [1.29, 1.82) is 0 Å². The molecule has 1 rings (SSSR count). The topological polar surface area (TPSA) is 26.3 Å². The predicted molar refractivity (Wildman–Crippen MR) is 70.3 cm³/mol. The normalized spacial score (nSPS) is 12.8. The highest BCUT2D eigenvalue weighted by Gasteiger charge is 2.22. The van der Waals surface area contributed by atoms with Crippen LogP contribution in [0.2, 0.25) is 0 Å². The molecule has 0 aliphatic carbocycles. The summed E-state index contributed by atoms with van der Waals surface area (Å²) in [5, 5.41) is 0. The summed E-state index contributed by atoms with van der Waals surface area (Å²) < 4.78 is 5.28. The molecule has 94 valence electrons. The molecule has 0 heterocycles. The molecule has 0 aromatic heterocycles. The quantitative estimate of drug-likeness (QED) is 0.782. The second-order valence-corrected chi connectivity index (χ2v) is 4.91. The van der Waals surface area contributed by atoms with Crippen LogP contribution in [0.15, 0.2) is 18.2 Å². The van der Waals surface area contributed by atoms with Gasteiger partial charge < -0.3 is 4.74 Å². The van der Waals surface area contributed by atoms with Gasteiger partial charge in [0.05, 0.1) is 0 Å². The third-order valence-corrected chi connectivity index (χ3v) is 3.17. The Labute approximate surface area is 104 Å². The van der Waals surface area contributed by atoms with Gasteiger partial charge in [0.2, 0.25) is 0 Å². The molecule has 2 nitrogen and oxygen atoms in total. The van der Waals surface area contributed by atoms with E-state index in [0.717, 1.165) is 5.56 Å². The number of carbonyl (C=O) groups is 1. The molecule has 0 fully saturated rings. The van der Waals surface area contributed by atoms with Crippen LogP contribution in [-0.4, -0.2) is 19.0 Å². The maximum absolute atomic E-state index is 12.2. The number of ketones is 1. The van der Waals surface area contributed by atoms with E-state index in [9.17, 15) is 4.79 Å². The van der Waals surface area contributed by atoms with Crippen molar-refractivity contribution < 1.29 is 9.53 Å². The Bertz CT molecular complexity index is 374. The fraction of sp³-hybridized carbons (Fsp3) is 0.533. The van der Waals surface area contributed by atoms with Gasteiger partial charge in [0.15, 0.2) is 5.78 Å². The van der Waals surface area contributed by atoms with Crippen molar-refractivity contribution in [3.8, 4) is 0 Å². The molecule has 0 N–H and O–H groups in total. The molecule has 0 amide bonds. The van der Waals surface area contributed by atoms with E-state index in [1.165, 1.54) is 11.1 Å². The molecule has 0 aliphatic rings. The van der Waals surface area contributed by atoms with E-state index in [1.807, 2.05) is 45.9 Å². The van der Waals surface area contributed by atoms with Crippen LogP contribution in [0.5, 0.6) is 0 Å². The van der Waals surface area contributed by atoms with Gasteiger partial charge in [-0.3, -0.25) is 4.79 Å². The monoisotopic (exact) mass is 234 g/mol. The molecule has 0 radical (unpaired) electrons. The highest BCUT2D eigenvalue weighted by Crippen LogP contribution is 2.17. The summed E-state index contributed by atoms with van der Waals surface area (Å²) in [6, 6.07) is 6.12. The number of aryl methyl sites for hydroxylation is 2. The lowest BCUT2D eigenvalue weighted by atomic mass is 9.93. The summed E-state index contributed by atoms with van der Waals surface area (Å²) >= 11 is 0. The molecule has 1 aromatic rings. The SMILES string of the molecule is COC(C(=O)Cc1c(C)cccc1C)C(C)C. The molecular weight excluding hydrogens is 212 g/mol. The Kier molecular flexibility index (Phi) is 4.88. The molecule has 0 aliphatic heterocycles. The molecule has 1 atom stereocenters. The summed E-state index contributed by atoms with van der Waals surface area (Å²) in [5.41, 5.74) is 3.49. The average Bonchev–Trinajstić information content (AvgIpc) is 2.24. The maximum atomic E-state index is 12.2. The second kappa shape index (κ2) is 5.97. The Hall–Kier alpha value is -1.15. The van der Waals surface area contributed by atoms with Crippen molar-refractivity contribution in [1.82, 2.24) is 0 Å². The van der Waals surface area contributed by atoms with Gasteiger partial charge in [-0.15, -0.1) is 0 Å². The summed E-state index contributed by atoms with van der Waals surface area (Å²) in [7, 11) is 1.60. The number of rotatable bonds is 5. The summed E-state index contributed by atoms with van der Waals surface area (Å²) in [5.74, 6) is 0.386. The lowest BCUT2D eigenvalue weighted by molar-refractivity contribution is -0.130. The third-order valence-electron chi connectivity index (χ3n) is 3.17. The average molecular weight is 234 g/mol. The number of carbonyl (C=O) groups excluding carboxylic acids is 1. The third kappa shape index (κ3) is 3.40. The number of hydrogen-bond donors (Lipinski definition) is 0. The zero-order valence-corrected chi connectivity index (χ0v) is 11.4. The van der Waals surface area contributed by atoms with E-state index in [1.54, 1.807) is 7.11 Å². The van der Waals surface area contributed by atoms with Crippen LogP contribution < -0.4 is 0 Å². The van der Waals surface area contributed by atoms with Gasteiger partial charge >= 0.3 is 0 Å². The molecule has 2 heteroatoms. The largest absolute Gasteiger partial charge is 0.373 e. The standard InChI is InChI=1S/C15H22O2/c1-10(2)15(17-5)14(16)9-13-11(3)7-6-8-12(13)4/h6-8,10,15H,9H2,1-5H3.